The summed E-state index contributed by atoms with van der Waals surface area (Å²) in [7, 11) is -8.63. The number of hydrogen-bond donors (Lipinski definition) is 0. The van der Waals surface area contributed by atoms with Gasteiger partial charge in [-0.25, -0.2) is 26.4 Å². The van der Waals surface area contributed by atoms with Gasteiger partial charge in [0.1, 0.15) is 24.0 Å². The summed E-state index contributed by atoms with van der Waals surface area (Å²) < 4.78 is 86.1. The molecule has 4 aliphatic rings. The number of benzene rings is 5. The molecule has 6 unspecified atom stereocenters. The van der Waals surface area contributed by atoms with Crippen molar-refractivity contribution in [1.29, 1.82) is 0 Å². The van der Waals surface area contributed by atoms with Crippen LogP contribution in [0.3, 0.4) is 0 Å². The third-order valence-electron chi connectivity index (χ3n) is 21.7. The Morgan fingerprint density at radius 3 is 0.990 bits per heavy atom. The maximum Gasteiger partial charge on any atom is 0.351 e. The molecule has 2 aliphatic heterocycles. The first-order valence-corrected chi connectivity index (χ1v) is 42.3. The molecule has 2 aromatic heterocycles. The number of halogens is 1. The Balaban J connectivity index is 0.000000207. The zero-order valence-electron chi connectivity index (χ0n) is 61.0. The van der Waals surface area contributed by atoms with Gasteiger partial charge in [0.2, 0.25) is 11.2 Å². The van der Waals surface area contributed by atoms with Crippen LogP contribution in [0.1, 0.15) is 221 Å². The van der Waals surface area contributed by atoms with E-state index in [4.69, 9.17) is 18.9 Å². The molecule has 0 radical (unpaired) electrons. The molecular formula is C82H110BrO14S4-. The summed E-state index contributed by atoms with van der Waals surface area (Å²) in [6.07, 6.45) is 32.4. The molecule has 6 atom stereocenters. The number of ether oxygens (including phenoxy) is 4. The van der Waals surface area contributed by atoms with Crippen molar-refractivity contribution in [3.8, 4) is 9.79 Å². The van der Waals surface area contributed by atoms with Crippen molar-refractivity contribution in [1.82, 2.24) is 0 Å². The molecule has 4 heterocycles. The first kappa shape index (κ1) is 84.1. The lowest BCUT2D eigenvalue weighted by Crippen LogP contribution is -3.00. The molecule has 19 heteroatoms. The van der Waals surface area contributed by atoms with Crippen LogP contribution in [0.5, 0.6) is 0 Å². The fraction of sp³-hybridized carbons (Fsp3) is 0.537. The van der Waals surface area contributed by atoms with Crippen LogP contribution in [-0.4, -0.2) is 85.7 Å². The summed E-state index contributed by atoms with van der Waals surface area (Å²) >= 11 is 0. The first-order valence-electron chi connectivity index (χ1n) is 36.6. The summed E-state index contributed by atoms with van der Waals surface area (Å²) in [5.74, 6) is -4.02. The molecule has 0 N–H and O–H groups in total. The summed E-state index contributed by atoms with van der Waals surface area (Å²) in [5, 5.41) is 7.50. The number of rotatable bonds is 32. The summed E-state index contributed by atoms with van der Waals surface area (Å²) in [6, 6.07) is 52.9. The lowest BCUT2D eigenvalue weighted by atomic mass is 9.66. The Bertz CT molecular complexity index is 3670. The Labute approximate surface area is 619 Å². The van der Waals surface area contributed by atoms with Gasteiger partial charge >= 0.3 is 23.9 Å². The summed E-state index contributed by atoms with van der Waals surface area (Å²) in [5.41, 5.74) is -2.77. The van der Waals surface area contributed by atoms with E-state index in [2.05, 4.69) is 134 Å². The van der Waals surface area contributed by atoms with Crippen molar-refractivity contribution in [2.75, 3.05) is 24.7 Å². The second-order valence-corrected chi connectivity index (χ2v) is 35.6. The fourth-order valence-electron chi connectivity index (χ4n) is 14.2. The van der Waals surface area contributed by atoms with E-state index >= 15 is 0 Å². The van der Waals surface area contributed by atoms with Crippen molar-refractivity contribution < 1.29 is 81.0 Å². The highest BCUT2D eigenvalue weighted by atomic mass is 79.9. The Hall–Kier alpha value is -5.80. The summed E-state index contributed by atoms with van der Waals surface area (Å²) in [4.78, 5) is 51.2. The zero-order valence-corrected chi connectivity index (χ0v) is 65.8. The van der Waals surface area contributed by atoms with Crippen LogP contribution < -0.4 is 17.0 Å². The van der Waals surface area contributed by atoms with E-state index in [1.165, 1.54) is 182 Å². The standard InChI is InChI=1S/2C26H35S.2C12H18O7S.C6H6.BrH/c2*1-2-3-4-5-6-7-8-9-10-11-14-23-17-19-25(20-18-23)27-22-21-24-15-12-13-16-26(24)27;2*1-10(2)11(3)4-5-12(10,19-8(11)13)9(14)18-6-7-20(15,16)17;1-2-4-6-5-3-1;/h2*12-13,15-22H,2-11,14H2,1H3;2*4-7H2,1-3H3,(H,15,16,17);1-6H;1H/q2*+1;;;;/p-3. The van der Waals surface area contributed by atoms with Crippen LogP contribution >= 0.6 is 20.9 Å². The normalized spacial score (nSPS) is 20.7. The van der Waals surface area contributed by atoms with Crippen LogP contribution in [0.4, 0.5) is 0 Å². The van der Waals surface area contributed by atoms with Crippen LogP contribution in [-0.2, 0) is 71.2 Å². The van der Waals surface area contributed by atoms with E-state index in [9.17, 15) is 45.1 Å². The number of carbonyl (C=O) groups is 4. The van der Waals surface area contributed by atoms with Gasteiger partial charge in [0.25, 0.3) is 0 Å². The van der Waals surface area contributed by atoms with Crippen molar-refractivity contribution in [3.05, 3.63) is 167 Å². The van der Waals surface area contributed by atoms with Crippen molar-refractivity contribution in [2.24, 2.45) is 21.7 Å². The summed E-state index contributed by atoms with van der Waals surface area (Å²) in [6.45, 7) is 14.1. The first-order chi connectivity index (χ1) is 47.7. The predicted octanol–water partition coefficient (Wildman–Crippen LogP) is 17.2. The van der Waals surface area contributed by atoms with E-state index in [1.807, 2.05) is 36.4 Å². The van der Waals surface area contributed by atoms with Gasteiger partial charge < -0.3 is 45.0 Å². The van der Waals surface area contributed by atoms with Crippen LogP contribution in [0.15, 0.2) is 156 Å². The molecule has 2 saturated heterocycles. The van der Waals surface area contributed by atoms with Gasteiger partial charge in [0.15, 0.2) is 19.2 Å². The van der Waals surface area contributed by atoms with Gasteiger partial charge in [-0.15, -0.1) is 0 Å². The molecule has 4 bridgehead atoms. The third-order valence-corrected chi connectivity index (χ3v) is 27.1. The van der Waals surface area contributed by atoms with Gasteiger partial charge in [-0.3, -0.25) is 9.59 Å². The van der Waals surface area contributed by atoms with E-state index < -0.39 is 102 Å². The molecule has 0 spiro atoms. The van der Waals surface area contributed by atoms with E-state index in [0.717, 1.165) is 0 Å². The predicted molar refractivity (Wildman–Crippen MR) is 404 cm³/mol. The minimum absolute atomic E-state index is 0. The molecule has 2 saturated carbocycles. The number of aryl methyl sites for hydroxylation is 2. The number of fused-ring (bicyclic) bond motifs is 6. The van der Waals surface area contributed by atoms with Gasteiger partial charge in [0, 0.05) is 54.7 Å². The van der Waals surface area contributed by atoms with Crippen LogP contribution in [0, 0.1) is 21.7 Å². The van der Waals surface area contributed by atoms with Crippen molar-refractivity contribution in [3.63, 3.8) is 0 Å². The molecule has 554 valence electrons. The number of unbranched alkanes of at least 4 members (excludes halogenated alkanes) is 18. The number of esters is 4. The molecule has 5 aromatic carbocycles. The molecule has 11 rings (SSSR count). The SMILES string of the molecule is CC12CCC(C(=O)OCCS(=O)(=O)[O-])(OC1=O)C2(C)C.CC12CCC(C(=O)OCCS(=O)(=O)[O-])(OC1=O)C2(C)C.CCCCCCCCCCCCc1ccc(-[s+]2ccc3ccccc32)cc1.CCCCCCCCCCCCc1ccc(-[s+]2ccc3ccccc32)cc1.[Br-].c1ccccc1. The average molecular weight is 1530 g/mol. The molecule has 7 aromatic rings. The van der Waals surface area contributed by atoms with Gasteiger partial charge in [0.05, 0.1) is 42.6 Å². The van der Waals surface area contributed by atoms with Crippen molar-refractivity contribution >= 4 is 85.2 Å². The average Bonchev–Trinajstić information content (AvgIpc) is 1.53. The smallest absolute Gasteiger partial charge is 0.351 e. The fourth-order valence-corrected chi connectivity index (χ4v) is 18.6. The second kappa shape index (κ2) is 39.4. The minimum atomic E-state index is -4.45. The second-order valence-electron chi connectivity index (χ2n) is 28.8. The molecule has 14 nitrogen and oxygen atoms in total. The maximum absolute atomic E-state index is 12.2. The largest absolute Gasteiger partial charge is 1.00 e. The highest BCUT2D eigenvalue weighted by Gasteiger charge is 2.77. The molecular weight excluding hydrogens is 1420 g/mol. The van der Waals surface area contributed by atoms with Crippen LogP contribution in [0.2, 0.25) is 0 Å². The molecule has 101 heavy (non-hydrogen) atoms. The number of hydrogen-bond acceptors (Lipinski definition) is 14. The van der Waals surface area contributed by atoms with E-state index in [1.54, 1.807) is 41.5 Å². The topological polar surface area (TPSA) is 220 Å². The van der Waals surface area contributed by atoms with Gasteiger partial charge in [-0.1, -0.05) is 242 Å². The lowest BCUT2D eigenvalue weighted by molar-refractivity contribution is -0.182. The minimum Gasteiger partial charge on any atom is -1.00 e. The zero-order chi connectivity index (χ0) is 72.5. The molecule has 2 aliphatic carbocycles. The lowest BCUT2D eigenvalue weighted by Gasteiger charge is -2.34. The monoisotopic (exact) mass is 1530 g/mol. The Kier molecular flexibility index (Phi) is 32.8. The highest BCUT2D eigenvalue weighted by molar-refractivity contribution is 7.85. The van der Waals surface area contributed by atoms with E-state index in [0.29, 0.717) is 25.7 Å². The van der Waals surface area contributed by atoms with Crippen LogP contribution in [0.25, 0.3) is 30.0 Å². The van der Waals surface area contributed by atoms with Gasteiger partial charge in [-0.05, 0) is 125 Å². The molecule has 0 amide bonds. The molecule has 4 fully saturated rings. The van der Waals surface area contributed by atoms with E-state index in [-0.39, 0.29) is 37.9 Å². The maximum atomic E-state index is 12.2. The number of carbonyl (C=O) groups excluding carboxylic acids is 4. The quantitative estimate of drug-likeness (QED) is 0.0126. The third kappa shape index (κ3) is 22.1. The Morgan fingerprint density at radius 1 is 0.416 bits per heavy atom. The Morgan fingerprint density at radius 2 is 0.713 bits per heavy atom. The van der Waals surface area contributed by atoms with Crippen molar-refractivity contribution in [2.45, 2.75) is 234 Å². The number of thiophene rings is 2. The van der Waals surface area contributed by atoms with Gasteiger partial charge in [-0.2, -0.15) is 0 Å². The highest BCUT2D eigenvalue weighted by Crippen LogP contribution is 2.67.